The third-order valence-corrected chi connectivity index (χ3v) is 3.79. The summed E-state index contributed by atoms with van der Waals surface area (Å²) in [6.07, 6.45) is 0. The Balaban J connectivity index is 2.18. The highest BCUT2D eigenvalue weighted by molar-refractivity contribution is 5.94. The van der Waals surface area contributed by atoms with E-state index in [1.165, 1.54) is 6.07 Å². The Morgan fingerprint density at radius 2 is 2.05 bits per heavy atom. The van der Waals surface area contributed by atoms with Crippen LogP contribution in [0.15, 0.2) is 12.1 Å². The lowest BCUT2D eigenvalue weighted by molar-refractivity contribution is -0.385. The third kappa shape index (κ3) is 3.20. The predicted molar refractivity (Wildman–Crippen MR) is 78.4 cm³/mol. The van der Waals surface area contributed by atoms with Gasteiger partial charge in [0.2, 0.25) is 5.91 Å². The van der Waals surface area contributed by atoms with Gasteiger partial charge in [0, 0.05) is 23.4 Å². The fourth-order valence-electron chi connectivity index (χ4n) is 2.45. The minimum absolute atomic E-state index is 0.00977. The summed E-state index contributed by atoms with van der Waals surface area (Å²) in [5.74, 6) is -0.395. The molecule has 114 valence electrons. The maximum absolute atomic E-state index is 12.3. The molecule has 1 saturated heterocycles. The molecular weight excluding hydrogens is 274 g/mol. The van der Waals surface area contributed by atoms with Crippen molar-refractivity contribution in [3.05, 3.63) is 33.4 Å². The molecule has 2 atom stereocenters. The van der Waals surface area contributed by atoms with E-state index in [9.17, 15) is 14.9 Å². The number of anilines is 1. The van der Waals surface area contributed by atoms with Gasteiger partial charge < -0.3 is 15.4 Å². The van der Waals surface area contributed by atoms with Gasteiger partial charge in [0.05, 0.1) is 24.1 Å². The number of rotatable bonds is 4. The van der Waals surface area contributed by atoms with Crippen LogP contribution < -0.4 is 10.6 Å². The van der Waals surface area contributed by atoms with Crippen LogP contribution in [-0.2, 0) is 9.53 Å². The van der Waals surface area contributed by atoms with Crippen LogP contribution in [0.1, 0.15) is 11.1 Å². The zero-order chi connectivity index (χ0) is 15.6. The van der Waals surface area contributed by atoms with Crippen molar-refractivity contribution in [2.75, 3.05) is 25.6 Å². The minimum Gasteiger partial charge on any atom is -0.379 e. The molecule has 0 saturated carbocycles. The van der Waals surface area contributed by atoms with Gasteiger partial charge in [-0.05, 0) is 32.5 Å². The summed E-state index contributed by atoms with van der Waals surface area (Å²) in [6.45, 7) is 4.28. The molecule has 2 rings (SSSR count). The highest BCUT2D eigenvalue weighted by Gasteiger charge is 2.33. The van der Waals surface area contributed by atoms with Crippen LogP contribution in [0.25, 0.3) is 0 Å². The van der Waals surface area contributed by atoms with E-state index < -0.39 is 4.92 Å². The van der Waals surface area contributed by atoms with E-state index in [1.54, 1.807) is 27.0 Å². The largest absolute Gasteiger partial charge is 0.379 e. The highest BCUT2D eigenvalue weighted by Crippen LogP contribution is 2.27. The molecule has 1 amide bonds. The van der Waals surface area contributed by atoms with Gasteiger partial charge in [-0.2, -0.15) is 0 Å². The smallest absolute Gasteiger partial charge is 0.272 e. The lowest BCUT2D eigenvalue weighted by Gasteiger charge is -2.17. The fourth-order valence-corrected chi connectivity index (χ4v) is 2.45. The van der Waals surface area contributed by atoms with Crippen LogP contribution in [0.3, 0.4) is 0 Å². The van der Waals surface area contributed by atoms with Gasteiger partial charge in [-0.1, -0.05) is 0 Å². The van der Waals surface area contributed by atoms with E-state index in [1.807, 2.05) is 0 Å². The number of carbonyl (C=O) groups is 1. The number of nitro benzene ring substituents is 1. The molecule has 1 fully saturated rings. The number of ether oxygens (including phenoxy) is 1. The SMILES string of the molecule is CNC1COCC1C(=O)Nc1cc(C)c([N+](=O)[O-])cc1C. The first-order valence-electron chi connectivity index (χ1n) is 6.75. The summed E-state index contributed by atoms with van der Waals surface area (Å²) >= 11 is 0. The monoisotopic (exact) mass is 293 g/mol. The van der Waals surface area contributed by atoms with Crippen molar-refractivity contribution in [1.29, 1.82) is 0 Å². The number of nitrogens with one attached hydrogen (secondary N) is 2. The Hall–Kier alpha value is -1.99. The third-order valence-electron chi connectivity index (χ3n) is 3.79. The summed E-state index contributed by atoms with van der Waals surface area (Å²) in [4.78, 5) is 22.8. The summed E-state index contributed by atoms with van der Waals surface area (Å²) < 4.78 is 5.31. The van der Waals surface area contributed by atoms with E-state index in [0.717, 1.165) is 0 Å². The number of hydrogen-bond acceptors (Lipinski definition) is 5. The molecule has 7 nitrogen and oxygen atoms in total. The fraction of sp³-hybridized carbons (Fsp3) is 0.500. The van der Waals surface area contributed by atoms with E-state index in [0.29, 0.717) is 30.0 Å². The quantitative estimate of drug-likeness (QED) is 0.646. The maximum Gasteiger partial charge on any atom is 0.272 e. The number of benzene rings is 1. The predicted octanol–water partition coefficient (Wildman–Crippen LogP) is 1.38. The van der Waals surface area contributed by atoms with Crippen LogP contribution in [-0.4, -0.2) is 37.1 Å². The normalized spacial score (nSPS) is 21.3. The molecular formula is C14H19N3O4. The van der Waals surface area contributed by atoms with E-state index in [-0.39, 0.29) is 23.6 Å². The molecule has 0 aliphatic carbocycles. The van der Waals surface area contributed by atoms with Gasteiger partial charge in [0.25, 0.3) is 5.69 Å². The topological polar surface area (TPSA) is 93.5 Å². The van der Waals surface area contributed by atoms with Gasteiger partial charge in [0.15, 0.2) is 0 Å². The number of aryl methyl sites for hydroxylation is 2. The van der Waals surface area contributed by atoms with Crippen LogP contribution in [0.4, 0.5) is 11.4 Å². The van der Waals surface area contributed by atoms with Gasteiger partial charge in [-0.25, -0.2) is 0 Å². The highest BCUT2D eigenvalue weighted by atomic mass is 16.6. The van der Waals surface area contributed by atoms with Crippen LogP contribution in [0, 0.1) is 29.9 Å². The number of hydrogen-bond donors (Lipinski definition) is 2. The lowest BCUT2D eigenvalue weighted by atomic mass is 10.0. The molecule has 0 aromatic heterocycles. The molecule has 0 bridgehead atoms. The Bertz CT molecular complexity index is 574. The number of carbonyl (C=O) groups excluding carboxylic acids is 1. The van der Waals surface area contributed by atoms with Crippen molar-refractivity contribution >= 4 is 17.3 Å². The second-order valence-electron chi connectivity index (χ2n) is 5.24. The first-order chi connectivity index (χ1) is 9.93. The van der Waals surface area contributed by atoms with E-state index in [4.69, 9.17) is 4.74 Å². The molecule has 1 heterocycles. The maximum atomic E-state index is 12.3. The summed E-state index contributed by atoms with van der Waals surface area (Å²) in [5.41, 5.74) is 1.85. The molecule has 1 aliphatic rings. The Morgan fingerprint density at radius 3 is 2.67 bits per heavy atom. The van der Waals surface area contributed by atoms with Gasteiger partial charge in [-0.15, -0.1) is 0 Å². The van der Waals surface area contributed by atoms with Crippen LogP contribution in [0.2, 0.25) is 0 Å². The van der Waals surface area contributed by atoms with Gasteiger partial charge >= 0.3 is 0 Å². The molecule has 0 spiro atoms. The first kappa shape index (κ1) is 15.4. The zero-order valence-electron chi connectivity index (χ0n) is 12.3. The van der Waals surface area contributed by atoms with Crippen molar-refractivity contribution in [3.63, 3.8) is 0 Å². The van der Waals surface area contributed by atoms with E-state index in [2.05, 4.69) is 10.6 Å². The summed E-state index contributed by atoms with van der Waals surface area (Å²) in [5, 5.41) is 16.8. The summed E-state index contributed by atoms with van der Waals surface area (Å²) in [7, 11) is 1.79. The van der Waals surface area contributed by atoms with Crippen molar-refractivity contribution in [3.8, 4) is 0 Å². The molecule has 21 heavy (non-hydrogen) atoms. The Kier molecular flexibility index (Phi) is 4.54. The molecule has 2 N–H and O–H groups in total. The average molecular weight is 293 g/mol. The van der Waals surface area contributed by atoms with E-state index >= 15 is 0 Å². The second-order valence-corrected chi connectivity index (χ2v) is 5.24. The minimum atomic E-state index is -0.421. The molecule has 0 radical (unpaired) electrons. The Labute approximate surface area is 122 Å². The van der Waals surface area contributed by atoms with Crippen LogP contribution >= 0.6 is 0 Å². The first-order valence-corrected chi connectivity index (χ1v) is 6.75. The molecule has 1 aromatic carbocycles. The molecule has 2 unspecified atom stereocenters. The van der Waals surface area contributed by atoms with Crippen molar-refractivity contribution < 1.29 is 14.5 Å². The van der Waals surface area contributed by atoms with Crippen molar-refractivity contribution in [2.24, 2.45) is 5.92 Å². The second kappa shape index (κ2) is 6.19. The molecule has 1 aliphatic heterocycles. The number of amides is 1. The van der Waals surface area contributed by atoms with Crippen molar-refractivity contribution in [2.45, 2.75) is 19.9 Å². The number of nitrogens with zero attached hydrogens (tertiary/aromatic N) is 1. The average Bonchev–Trinajstić information content (AvgIpc) is 2.90. The lowest BCUT2D eigenvalue weighted by Crippen LogP contribution is -2.39. The summed E-state index contributed by atoms with van der Waals surface area (Å²) in [6, 6.07) is 3.10. The van der Waals surface area contributed by atoms with Crippen molar-refractivity contribution in [1.82, 2.24) is 5.32 Å². The standard InChI is InChI=1S/C14H19N3O4/c1-8-5-13(17(19)20)9(2)4-11(8)16-14(18)10-6-21-7-12(10)15-3/h4-5,10,12,15H,6-7H2,1-3H3,(H,16,18). The van der Waals surface area contributed by atoms with Gasteiger partial charge in [0.1, 0.15) is 0 Å². The Morgan fingerprint density at radius 1 is 1.33 bits per heavy atom. The van der Waals surface area contributed by atoms with Crippen LogP contribution in [0.5, 0.6) is 0 Å². The number of likely N-dealkylation sites (N-methyl/N-ethyl adjacent to an activating group) is 1. The molecule has 7 heteroatoms. The molecule has 1 aromatic rings. The van der Waals surface area contributed by atoms with Gasteiger partial charge in [-0.3, -0.25) is 14.9 Å². The zero-order valence-corrected chi connectivity index (χ0v) is 12.3. The number of nitro groups is 1.